The van der Waals surface area contributed by atoms with E-state index in [4.69, 9.17) is 10.5 Å². The summed E-state index contributed by atoms with van der Waals surface area (Å²) in [6.07, 6.45) is 9.04. The van der Waals surface area contributed by atoms with Gasteiger partial charge in [0.25, 0.3) is 10.0 Å². The number of carbonyl (C=O) groups excluding carboxylic acids is 1. The van der Waals surface area contributed by atoms with Gasteiger partial charge in [0.15, 0.2) is 5.78 Å². The summed E-state index contributed by atoms with van der Waals surface area (Å²) >= 11 is 0. The Morgan fingerprint density at radius 1 is 0.975 bits per heavy atom. The van der Waals surface area contributed by atoms with Gasteiger partial charge in [-0.25, -0.2) is 23.4 Å². The van der Waals surface area contributed by atoms with Crippen LogP contribution in [0.25, 0.3) is 11.0 Å². The van der Waals surface area contributed by atoms with E-state index in [1.807, 2.05) is 4.57 Å². The molecule has 6 rings (SSSR count). The van der Waals surface area contributed by atoms with E-state index in [2.05, 4.69) is 19.7 Å². The van der Waals surface area contributed by atoms with Gasteiger partial charge in [0.2, 0.25) is 5.88 Å². The molecule has 1 aliphatic carbocycles. The first-order chi connectivity index (χ1) is 19.4. The van der Waals surface area contributed by atoms with Crippen LogP contribution in [0.3, 0.4) is 0 Å². The van der Waals surface area contributed by atoms with Gasteiger partial charge in [-0.1, -0.05) is 37.1 Å². The van der Waals surface area contributed by atoms with E-state index >= 15 is 0 Å². The van der Waals surface area contributed by atoms with E-state index in [1.54, 1.807) is 60.9 Å². The standard InChI is InChI=1S/C29H26N6O4S/c30-28-26-24(17-35(21-9-1-2-10-21)29(26)33-18-32-28)27(36)19-7-5-8-20(15-19)34-40(37,38)23-12-6-11-22(16-23)39-25-13-3-4-14-31-25/h3-8,11-18,21,34H,1-2,9-10H2,(H2,30,32,33). The number of anilines is 2. The van der Waals surface area contributed by atoms with Crippen molar-refractivity contribution in [2.75, 3.05) is 10.5 Å². The highest BCUT2D eigenvalue weighted by molar-refractivity contribution is 7.92. The van der Waals surface area contributed by atoms with Crippen molar-refractivity contribution in [3.63, 3.8) is 0 Å². The lowest BCUT2D eigenvalue weighted by Crippen LogP contribution is -2.13. The maximum absolute atomic E-state index is 13.7. The van der Waals surface area contributed by atoms with Gasteiger partial charge < -0.3 is 15.0 Å². The molecular formula is C29H26N6O4S. The first-order valence-electron chi connectivity index (χ1n) is 12.9. The Morgan fingerprint density at radius 2 is 1.80 bits per heavy atom. The van der Waals surface area contributed by atoms with Crippen LogP contribution in [0.1, 0.15) is 47.6 Å². The normalized spacial score (nSPS) is 13.9. The zero-order valence-corrected chi connectivity index (χ0v) is 22.2. The third-order valence-electron chi connectivity index (χ3n) is 6.95. The first kappa shape index (κ1) is 25.5. The van der Waals surface area contributed by atoms with Crippen molar-refractivity contribution in [1.29, 1.82) is 0 Å². The number of nitrogen functional groups attached to an aromatic ring is 1. The summed E-state index contributed by atoms with van der Waals surface area (Å²) in [5.41, 5.74) is 7.77. The molecule has 0 atom stereocenters. The summed E-state index contributed by atoms with van der Waals surface area (Å²) in [5.74, 6) is 0.602. The average Bonchev–Trinajstić information content (AvgIpc) is 3.62. The van der Waals surface area contributed by atoms with Crippen LogP contribution in [0.5, 0.6) is 11.6 Å². The lowest BCUT2D eigenvalue weighted by molar-refractivity contribution is 0.104. The topological polar surface area (TPSA) is 142 Å². The molecule has 11 heteroatoms. The monoisotopic (exact) mass is 554 g/mol. The minimum absolute atomic E-state index is 0.00205. The predicted molar refractivity (Wildman–Crippen MR) is 151 cm³/mol. The van der Waals surface area contributed by atoms with Crippen molar-refractivity contribution < 1.29 is 17.9 Å². The minimum Gasteiger partial charge on any atom is -0.439 e. The SMILES string of the molecule is Nc1ncnc2c1c(C(=O)c1cccc(NS(=O)(=O)c3cccc(Oc4ccccn4)c3)c1)cn2C1CCCC1. The summed E-state index contributed by atoms with van der Waals surface area (Å²) in [7, 11) is -3.99. The molecule has 40 heavy (non-hydrogen) atoms. The summed E-state index contributed by atoms with van der Waals surface area (Å²) in [6, 6.07) is 17.9. The van der Waals surface area contributed by atoms with Crippen LogP contribution in [0.2, 0.25) is 0 Å². The molecule has 3 heterocycles. The van der Waals surface area contributed by atoms with Gasteiger partial charge >= 0.3 is 0 Å². The van der Waals surface area contributed by atoms with E-state index in [-0.39, 0.29) is 28.2 Å². The molecule has 3 N–H and O–H groups in total. The number of hydrogen-bond acceptors (Lipinski definition) is 8. The van der Waals surface area contributed by atoms with E-state index in [9.17, 15) is 13.2 Å². The van der Waals surface area contributed by atoms with Crippen molar-refractivity contribution in [2.45, 2.75) is 36.6 Å². The summed E-state index contributed by atoms with van der Waals surface area (Å²) in [4.78, 5) is 26.4. The number of rotatable bonds is 8. The molecule has 3 aromatic heterocycles. The van der Waals surface area contributed by atoms with E-state index in [0.717, 1.165) is 25.7 Å². The van der Waals surface area contributed by atoms with Gasteiger partial charge in [-0.05, 0) is 43.2 Å². The van der Waals surface area contributed by atoms with Gasteiger partial charge in [-0.2, -0.15) is 0 Å². The summed E-state index contributed by atoms with van der Waals surface area (Å²) in [5, 5.41) is 0.509. The van der Waals surface area contributed by atoms with Crippen LogP contribution < -0.4 is 15.2 Å². The molecule has 0 aliphatic heterocycles. The Balaban J connectivity index is 1.28. The third-order valence-corrected chi connectivity index (χ3v) is 8.33. The van der Waals surface area contributed by atoms with Gasteiger partial charge in [0, 0.05) is 41.8 Å². The van der Waals surface area contributed by atoms with E-state index < -0.39 is 10.0 Å². The Hall–Kier alpha value is -4.77. The molecule has 0 bridgehead atoms. The molecule has 0 amide bonds. The first-order valence-corrected chi connectivity index (χ1v) is 14.3. The fraction of sp³-hybridized carbons (Fsp3) is 0.172. The molecule has 202 valence electrons. The van der Waals surface area contributed by atoms with Crippen LogP contribution in [-0.4, -0.2) is 33.7 Å². The Kier molecular flexibility index (Phi) is 6.64. The highest BCUT2D eigenvalue weighted by Crippen LogP contribution is 2.35. The van der Waals surface area contributed by atoms with Gasteiger partial charge in [0.05, 0.1) is 15.8 Å². The fourth-order valence-electron chi connectivity index (χ4n) is 5.07. The van der Waals surface area contributed by atoms with E-state index in [1.165, 1.54) is 24.5 Å². The number of benzene rings is 2. The second-order valence-corrected chi connectivity index (χ2v) is 11.3. The number of carbonyl (C=O) groups is 1. The molecule has 10 nitrogen and oxygen atoms in total. The summed E-state index contributed by atoms with van der Waals surface area (Å²) < 4.78 is 36.7. The molecule has 0 unspecified atom stereocenters. The number of ketones is 1. The maximum Gasteiger partial charge on any atom is 0.262 e. The summed E-state index contributed by atoms with van der Waals surface area (Å²) in [6.45, 7) is 0. The lowest BCUT2D eigenvalue weighted by atomic mass is 10.0. The van der Waals surface area contributed by atoms with Gasteiger partial charge in [0.1, 0.15) is 23.5 Å². The number of hydrogen-bond donors (Lipinski definition) is 2. The van der Waals surface area contributed by atoms with Crippen LogP contribution in [0.15, 0.2) is 90.3 Å². The third kappa shape index (κ3) is 4.98. The highest BCUT2D eigenvalue weighted by Gasteiger charge is 2.26. The molecule has 1 aliphatic rings. The van der Waals surface area contributed by atoms with Crippen molar-refractivity contribution in [1.82, 2.24) is 19.5 Å². The number of nitrogens with one attached hydrogen (secondary N) is 1. The van der Waals surface area contributed by atoms with Crippen LogP contribution in [0, 0.1) is 0 Å². The molecule has 0 radical (unpaired) electrons. The van der Waals surface area contributed by atoms with Crippen molar-refractivity contribution >= 4 is 38.3 Å². The molecular weight excluding hydrogens is 528 g/mol. The second-order valence-electron chi connectivity index (χ2n) is 9.61. The Labute approximate surface area is 230 Å². The molecule has 1 fully saturated rings. The van der Waals surface area contributed by atoms with Gasteiger partial charge in [-0.15, -0.1) is 0 Å². The number of sulfonamides is 1. The highest BCUT2D eigenvalue weighted by atomic mass is 32.2. The number of ether oxygens (including phenoxy) is 1. The number of nitrogens with two attached hydrogens (primary N) is 1. The zero-order valence-electron chi connectivity index (χ0n) is 21.4. The average molecular weight is 555 g/mol. The van der Waals surface area contributed by atoms with Gasteiger partial charge in [-0.3, -0.25) is 9.52 Å². The number of aromatic nitrogens is 4. The van der Waals surface area contributed by atoms with Crippen LogP contribution in [-0.2, 0) is 10.0 Å². The maximum atomic E-state index is 13.7. The molecule has 0 spiro atoms. The smallest absolute Gasteiger partial charge is 0.262 e. The Morgan fingerprint density at radius 3 is 2.60 bits per heavy atom. The van der Waals surface area contributed by atoms with Crippen molar-refractivity contribution in [3.05, 3.63) is 96.6 Å². The van der Waals surface area contributed by atoms with Crippen LogP contribution in [0.4, 0.5) is 11.5 Å². The second kappa shape index (κ2) is 10.4. The molecule has 1 saturated carbocycles. The molecule has 2 aromatic carbocycles. The fourth-order valence-corrected chi connectivity index (χ4v) is 6.15. The molecule has 0 saturated heterocycles. The van der Waals surface area contributed by atoms with Crippen molar-refractivity contribution in [3.8, 4) is 11.6 Å². The molecule has 5 aromatic rings. The minimum atomic E-state index is -3.99. The quantitative estimate of drug-likeness (QED) is 0.245. The Bertz CT molecular complexity index is 1820. The zero-order chi connectivity index (χ0) is 27.7. The van der Waals surface area contributed by atoms with E-state index in [0.29, 0.717) is 33.8 Å². The largest absolute Gasteiger partial charge is 0.439 e. The van der Waals surface area contributed by atoms with Crippen molar-refractivity contribution in [2.24, 2.45) is 0 Å². The predicted octanol–water partition coefficient (Wildman–Crippen LogP) is 5.35. The number of fused-ring (bicyclic) bond motifs is 1. The number of pyridine rings is 1. The lowest BCUT2D eigenvalue weighted by Gasteiger charge is -2.12. The van der Waals surface area contributed by atoms with Crippen LogP contribution >= 0.6 is 0 Å². The number of nitrogens with zero attached hydrogens (tertiary/aromatic N) is 4.